The summed E-state index contributed by atoms with van der Waals surface area (Å²) >= 11 is 0. The Balaban J connectivity index is 1.40. The second kappa shape index (κ2) is 8.74. The number of fused-ring (bicyclic) bond motifs is 1. The van der Waals surface area contributed by atoms with Crippen LogP contribution in [0.25, 0.3) is 6.08 Å². The van der Waals surface area contributed by atoms with E-state index >= 15 is 0 Å². The van der Waals surface area contributed by atoms with Crippen molar-refractivity contribution >= 4 is 27.7 Å². The van der Waals surface area contributed by atoms with Crippen LogP contribution in [0.3, 0.4) is 0 Å². The Hall–Kier alpha value is -2.44. The van der Waals surface area contributed by atoms with E-state index < -0.39 is 10.0 Å². The van der Waals surface area contributed by atoms with Gasteiger partial charge < -0.3 is 4.90 Å². The molecule has 2 aliphatic rings. The fraction of sp³-hybridized carbons (Fsp3) is 0.375. The lowest BCUT2D eigenvalue weighted by Gasteiger charge is -2.35. The predicted octanol–water partition coefficient (Wildman–Crippen LogP) is 3.99. The largest absolute Gasteiger partial charge is 0.312 e. The molecule has 0 unspecified atom stereocenters. The lowest BCUT2D eigenvalue weighted by molar-refractivity contribution is -0.123. The maximum atomic E-state index is 13.2. The van der Waals surface area contributed by atoms with Crippen molar-refractivity contribution in [2.24, 2.45) is 5.92 Å². The first-order valence-corrected chi connectivity index (χ1v) is 12.1. The fourth-order valence-corrected chi connectivity index (χ4v) is 5.57. The number of nitrogens with zero attached hydrogens (tertiary/aromatic N) is 2. The van der Waals surface area contributed by atoms with Gasteiger partial charge in [-0.25, -0.2) is 8.42 Å². The first-order chi connectivity index (χ1) is 14.4. The van der Waals surface area contributed by atoms with Gasteiger partial charge in [-0.3, -0.25) is 4.79 Å². The van der Waals surface area contributed by atoms with Gasteiger partial charge in [0.1, 0.15) is 0 Å². The molecule has 4 rings (SSSR count). The summed E-state index contributed by atoms with van der Waals surface area (Å²) in [6, 6.07) is 15.7. The van der Waals surface area contributed by atoms with Gasteiger partial charge in [0.05, 0.1) is 0 Å². The third-order valence-corrected chi connectivity index (χ3v) is 7.58. The molecule has 2 aliphatic heterocycles. The van der Waals surface area contributed by atoms with Crippen molar-refractivity contribution in [3.63, 3.8) is 0 Å². The first-order valence-electron chi connectivity index (χ1n) is 10.6. The summed E-state index contributed by atoms with van der Waals surface area (Å²) in [6.07, 6.45) is 4.73. The summed E-state index contributed by atoms with van der Waals surface area (Å²) in [6.45, 7) is 3.58. The van der Waals surface area contributed by atoms with Gasteiger partial charge in [0.2, 0.25) is 15.9 Å². The van der Waals surface area contributed by atoms with Crippen LogP contribution in [0.4, 0.5) is 5.69 Å². The van der Waals surface area contributed by atoms with Gasteiger partial charge in [-0.2, -0.15) is 4.31 Å². The molecule has 30 heavy (non-hydrogen) atoms. The lowest BCUT2D eigenvalue weighted by atomic mass is 9.93. The van der Waals surface area contributed by atoms with E-state index in [2.05, 4.69) is 25.1 Å². The number of hydrogen-bond acceptors (Lipinski definition) is 3. The highest BCUT2D eigenvalue weighted by Crippen LogP contribution is 2.31. The van der Waals surface area contributed by atoms with Crippen molar-refractivity contribution in [3.05, 3.63) is 70.6 Å². The molecule has 1 saturated heterocycles. The molecular formula is C24H28N2O3S. The van der Waals surface area contributed by atoms with Crippen molar-refractivity contribution < 1.29 is 13.2 Å². The van der Waals surface area contributed by atoms with E-state index in [4.69, 9.17) is 0 Å². The molecule has 0 spiro atoms. The van der Waals surface area contributed by atoms with E-state index in [1.807, 2.05) is 35.2 Å². The molecule has 6 heteroatoms. The topological polar surface area (TPSA) is 57.7 Å². The van der Waals surface area contributed by atoms with Gasteiger partial charge in [-0.15, -0.1) is 0 Å². The molecule has 0 aromatic heterocycles. The molecule has 2 aromatic carbocycles. The second-order valence-electron chi connectivity index (χ2n) is 8.16. The summed E-state index contributed by atoms with van der Waals surface area (Å²) < 4.78 is 26.8. The fourth-order valence-electron chi connectivity index (χ4n) is 4.35. The molecule has 0 radical (unpaired) electrons. The molecule has 1 amide bonds. The van der Waals surface area contributed by atoms with Gasteiger partial charge >= 0.3 is 0 Å². The average Bonchev–Trinajstić information content (AvgIpc) is 2.77. The maximum Gasteiger partial charge on any atom is 0.236 e. The standard InChI is InChI=1S/C24H28N2O3S/c1-19-9-10-23-22(18-19)8-5-14-26(23)24(27)21-11-15-25(16-12-21)30(28,29)17-13-20-6-3-2-4-7-20/h2-4,6-7,9-10,13,17-18,21H,5,8,11-12,14-16H2,1H3/b17-13+. The summed E-state index contributed by atoms with van der Waals surface area (Å²) in [7, 11) is -3.48. The minimum atomic E-state index is -3.48. The molecule has 0 atom stereocenters. The van der Waals surface area contributed by atoms with Crippen LogP contribution < -0.4 is 4.90 Å². The third kappa shape index (κ3) is 4.50. The summed E-state index contributed by atoms with van der Waals surface area (Å²) in [5.41, 5.74) is 4.33. The molecule has 0 aliphatic carbocycles. The zero-order valence-corrected chi connectivity index (χ0v) is 18.1. The lowest BCUT2D eigenvalue weighted by Crippen LogP contribution is -2.45. The van der Waals surface area contributed by atoms with Crippen molar-refractivity contribution in [2.75, 3.05) is 24.5 Å². The van der Waals surface area contributed by atoms with Crippen LogP contribution >= 0.6 is 0 Å². The molecular weight excluding hydrogens is 396 g/mol. The Kier molecular flexibility index (Phi) is 6.06. The van der Waals surface area contributed by atoms with Crippen LogP contribution in [-0.4, -0.2) is 38.3 Å². The highest BCUT2D eigenvalue weighted by Gasteiger charge is 2.34. The molecule has 2 aromatic rings. The second-order valence-corrected chi connectivity index (χ2v) is 9.98. The zero-order chi connectivity index (χ0) is 21.1. The number of piperidine rings is 1. The van der Waals surface area contributed by atoms with E-state index in [-0.39, 0.29) is 11.8 Å². The van der Waals surface area contributed by atoms with Crippen LogP contribution in [0.15, 0.2) is 53.9 Å². The minimum Gasteiger partial charge on any atom is -0.312 e. The molecule has 5 nitrogen and oxygen atoms in total. The third-order valence-electron chi connectivity index (χ3n) is 6.01. The van der Waals surface area contributed by atoms with Gasteiger partial charge in [-0.05, 0) is 55.9 Å². The monoisotopic (exact) mass is 424 g/mol. The van der Waals surface area contributed by atoms with Gasteiger partial charge in [-0.1, -0.05) is 48.0 Å². The van der Waals surface area contributed by atoms with Crippen molar-refractivity contribution in [1.82, 2.24) is 4.31 Å². The highest BCUT2D eigenvalue weighted by atomic mass is 32.2. The smallest absolute Gasteiger partial charge is 0.236 e. The molecule has 158 valence electrons. The normalized spacial score (nSPS) is 18.5. The van der Waals surface area contributed by atoms with E-state index in [0.717, 1.165) is 30.6 Å². The number of rotatable bonds is 4. The Morgan fingerprint density at radius 2 is 1.77 bits per heavy atom. The molecule has 0 saturated carbocycles. The van der Waals surface area contributed by atoms with Crippen molar-refractivity contribution in [2.45, 2.75) is 32.6 Å². The van der Waals surface area contributed by atoms with E-state index in [9.17, 15) is 13.2 Å². The average molecular weight is 425 g/mol. The number of aryl methyl sites for hydroxylation is 2. The van der Waals surface area contributed by atoms with E-state index in [1.54, 1.807) is 6.08 Å². The van der Waals surface area contributed by atoms with E-state index in [0.29, 0.717) is 25.9 Å². The van der Waals surface area contributed by atoms with Crippen LogP contribution in [0, 0.1) is 12.8 Å². The molecule has 0 N–H and O–H groups in total. The minimum absolute atomic E-state index is 0.123. The number of amides is 1. The summed E-state index contributed by atoms with van der Waals surface area (Å²) in [4.78, 5) is 15.1. The van der Waals surface area contributed by atoms with Gasteiger partial charge in [0.15, 0.2) is 0 Å². The molecule has 0 bridgehead atoms. The van der Waals surface area contributed by atoms with Gasteiger partial charge in [0, 0.05) is 36.6 Å². The zero-order valence-electron chi connectivity index (χ0n) is 17.3. The quantitative estimate of drug-likeness (QED) is 0.746. The summed E-state index contributed by atoms with van der Waals surface area (Å²) in [5.74, 6) is 0.0125. The van der Waals surface area contributed by atoms with Crippen LogP contribution in [0.2, 0.25) is 0 Å². The Morgan fingerprint density at radius 3 is 2.50 bits per heavy atom. The number of anilines is 1. The molecule has 2 heterocycles. The first kappa shape index (κ1) is 20.8. The Morgan fingerprint density at radius 1 is 1.03 bits per heavy atom. The number of carbonyl (C=O) groups is 1. The predicted molar refractivity (Wildman–Crippen MR) is 121 cm³/mol. The Labute approximate surface area is 179 Å². The van der Waals surface area contributed by atoms with Crippen LogP contribution in [0.1, 0.15) is 36.0 Å². The van der Waals surface area contributed by atoms with E-state index in [1.165, 1.54) is 20.8 Å². The SMILES string of the molecule is Cc1ccc2c(c1)CCCN2C(=O)C1CCN(S(=O)(=O)/C=C/c2ccccc2)CC1. The van der Waals surface area contributed by atoms with Crippen molar-refractivity contribution in [3.8, 4) is 0 Å². The number of benzene rings is 2. The number of carbonyl (C=O) groups excluding carboxylic acids is 1. The maximum absolute atomic E-state index is 13.2. The number of hydrogen-bond donors (Lipinski definition) is 0. The highest BCUT2D eigenvalue weighted by molar-refractivity contribution is 7.92. The van der Waals surface area contributed by atoms with Crippen LogP contribution in [-0.2, 0) is 21.2 Å². The summed E-state index contributed by atoms with van der Waals surface area (Å²) in [5, 5.41) is 1.27. The van der Waals surface area contributed by atoms with Crippen LogP contribution in [0.5, 0.6) is 0 Å². The Bertz CT molecular complexity index is 1040. The van der Waals surface area contributed by atoms with Crippen molar-refractivity contribution in [1.29, 1.82) is 0 Å². The molecule has 1 fully saturated rings. The number of sulfonamides is 1. The van der Waals surface area contributed by atoms with Gasteiger partial charge in [0.25, 0.3) is 0 Å².